The number of rotatable bonds is 7. The number of pyridine rings is 1. The van der Waals surface area contributed by atoms with Crippen LogP contribution in [-0.4, -0.2) is 40.6 Å². The standard InChI is InChI=1S/C12H16N2O4S/c15-12(16)5-8-19(17,18)14(11-1-2-11)9-10-3-6-13-7-4-10/h3-4,6-7,11H,1-2,5,8-9H2,(H,15,16). The number of hydrogen-bond donors (Lipinski definition) is 1. The zero-order valence-corrected chi connectivity index (χ0v) is 11.2. The Hall–Kier alpha value is -1.47. The highest BCUT2D eigenvalue weighted by Gasteiger charge is 2.37. The summed E-state index contributed by atoms with van der Waals surface area (Å²) in [6.07, 6.45) is 4.56. The van der Waals surface area contributed by atoms with E-state index >= 15 is 0 Å². The molecule has 0 spiro atoms. The van der Waals surface area contributed by atoms with Gasteiger partial charge in [-0.15, -0.1) is 0 Å². The summed E-state index contributed by atoms with van der Waals surface area (Å²) in [7, 11) is -3.52. The van der Waals surface area contributed by atoms with E-state index in [1.165, 1.54) is 4.31 Å². The summed E-state index contributed by atoms with van der Waals surface area (Å²) in [4.78, 5) is 14.4. The molecule has 104 valence electrons. The minimum absolute atomic E-state index is 0.0203. The maximum Gasteiger partial charge on any atom is 0.304 e. The van der Waals surface area contributed by atoms with Gasteiger partial charge in [-0.2, -0.15) is 4.31 Å². The van der Waals surface area contributed by atoms with Gasteiger partial charge >= 0.3 is 5.97 Å². The summed E-state index contributed by atoms with van der Waals surface area (Å²) in [6, 6.07) is 3.55. The quantitative estimate of drug-likeness (QED) is 0.802. The number of carboxylic acid groups (broad SMARTS) is 1. The lowest BCUT2D eigenvalue weighted by Crippen LogP contribution is -2.35. The van der Waals surface area contributed by atoms with Gasteiger partial charge in [-0.1, -0.05) is 0 Å². The summed E-state index contributed by atoms with van der Waals surface area (Å²) in [5.74, 6) is -1.44. The van der Waals surface area contributed by atoms with Crippen LogP contribution in [0, 0.1) is 0 Å². The third kappa shape index (κ3) is 4.00. The van der Waals surface area contributed by atoms with Crippen LogP contribution in [0.2, 0.25) is 0 Å². The van der Waals surface area contributed by atoms with Crippen molar-refractivity contribution < 1.29 is 18.3 Å². The summed E-state index contributed by atoms with van der Waals surface area (Å²) < 4.78 is 25.8. The molecule has 0 aliphatic heterocycles. The predicted octanol–water partition coefficient (Wildman–Crippen LogP) is 0.850. The minimum Gasteiger partial charge on any atom is -0.481 e. The van der Waals surface area contributed by atoms with E-state index < -0.39 is 16.0 Å². The first-order chi connectivity index (χ1) is 8.99. The Kier molecular flexibility index (Phi) is 4.16. The number of carboxylic acids is 1. The van der Waals surface area contributed by atoms with Gasteiger partial charge in [0.15, 0.2) is 0 Å². The molecule has 0 atom stereocenters. The fraction of sp³-hybridized carbons (Fsp3) is 0.500. The fourth-order valence-corrected chi connectivity index (χ4v) is 3.50. The summed E-state index contributed by atoms with van der Waals surface area (Å²) >= 11 is 0. The Bertz CT molecular complexity index is 540. The average Bonchev–Trinajstić information content (AvgIpc) is 3.19. The van der Waals surface area contributed by atoms with Crippen LogP contribution in [0.4, 0.5) is 0 Å². The van der Waals surface area contributed by atoms with Gasteiger partial charge in [0.2, 0.25) is 10.0 Å². The van der Waals surface area contributed by atoms with Crippen molar-refractivity contribution in [2.45, 2.75) is 31.8 Å². The third-order valence-electron chi connectivity index (χ3n) is 2.97. The zero-order chi connectivity index (χ0) is 13.9. The molecule has 7 heteroatoms. The van der Waals surface area contributed by atoms with Gasteiger partial charge in [-0.25, -0.2) is 8.42 Å². The first kappa shape index (κ1) is 14.0. The van der Waals surface area contributed by atoms with Crippen LogP contribution < -0.4 is 0 Å². The highest BCUT2D eigenvalue weighted by Crippen LogP contribution is 2.31. The number of aromatic nitrogens is 1. The van der Waals surface area contributed by atoms with E-state index in [2.05, 4.69) is 4.98 Å². The van der Waals surface area contributed by atoms with E-state index in [9.17, 15) is 13.2 Å². The molecule has 0 amide bonds. The van der Waals surface area contributed by atoms with Crippen molar-refractivity contribution in [3.05, 3.63) is 30.1 Å². The van der Waals surface area contributed by atoms with E-state index in [1.807, 2.05) is 0 Å². The normalized spacial score (nSPS) is 15.6. The molecule has 1 aliphatic carbocycles. The second kappa shape index (κ2) is 5.66. The predicted molar refractivity (Wildman–Crippen MR) is 68.8 cm³/mol. The first-order valence-electron chi connectivity index (χ1n) is 6.09. The Balaban J connectivity index is 2.09. The van der Waals surface area contributed by atoms with E-state index in [4.69, 9.17) is 5.11 Å². The molecule has 0 bridgehead atoms. The molecular weight excluding hydrogens is 268 g/mol. The Morgan fingerprint density at radius 3 is 2.53 bits per heavy atom. The molecule has 0 saturated heterocycles. The van der Waals surface area contributed by atoms with Crippen LogP contribution in [0.1, 0.15) is 24.8 Å². The van der Waals surface area contributed by atoms with Crippen molar-refractivity contribution in [1.82, 2.24) is 9.29 Å². The van der Waals surface area contributed by atoms with Crippen molar-refractivity contribution in [3.8, 4) is 0 Å². The zero-order valence-electron chi connectivity index (χ0n) is 10.4. The van der Waals surface area contributed by atoms with E-state index in [0.717, 1.165) is 18.4 Å². The fourth-order valence-electron chi connectivity index (χ4n) is 1.82. The van der Waals surface area contributed by atoms with Crippen LogP contribution in [0.5, 0.6) is 0 Å². The van der Waals surface area contributed by atoms with Crippen molar-refractivity contribution in [2.75, 3.05) is 5.75 Å². The van der Waals surface area contributed by atoms with Gasteiger partial charge in [-0.05, 0) is 30.5 Å². The Labute approximate surface area is 112 Å². The molecular formula is C12H16N2O4S. The van der Waals surface area contributed by atoms with Crippen LogP contribution in [0.25, 0.3) is 0 Å². The average molecular weight is 284 g/mol. The van der Waals surface area contributed by atoms with E-state index in [1.54, 1.807) is 24.5 Å². The van der Waals surface area contributed by atoms with E-state index in [-0.39, 0.29) is 24.8 Å². The van der Waals surface area contributed by atoms with E-state index in [0.29, 0.717) is 0 Å². The smallest absolute Gasteiger partial charge is 0.304 e. The third-order valence-corrected chi connectivity index (χ3v) is 4.83. The highest BCUT2D eigenvalue weighted by molar-refractivity contribution is 7.89. The Morgan fingerprint density at radius 1 is 1.37 bits per heavy atom. The number of carbonyl (C=O) groups is 1. The maximum absolute atomic E-state index is 12.2. The molecule has 1 saturated carbocycles. The van der Waals surface area contributed by atoms with Gasteiger partial charge in [-0.3, -0.25) is 9.78 Å². The van der Waals surface area contributed by atoms with Gasteiger partial charge < -0.3 is 5.11 Å². The largest absolute Gasteiger partial charge is 0.481 e. The summed E-state index contributed by atoms with van der Waals surface area (Å²) in [6.45, 7) is 0.287. The first-order valence-corrected chi connectivity index (χ1v) is 7.70. The SMILES string of the molecule is O=C(O)CCS(=O)(=O)N(Cc1ccncc1)C1CC1. The molecule has 0 aromatic carbocycles. The maximum atomic E-state index is 12.2. The second-order valence-electron chi connectivity index (χ2n) is 4.59. The summed E-state index contributed by atoms with van der Waals surface area (Å²) in [5, 5.41) is 8.61. The minimum atomic E-state index is -3.52. The lowest BCUT2D eigenvalue weighted by Gasteiger charge is -2.21. The van der Waals surface area contributed by atoms with Gasteiger partial charge in [0, 0.05) is 25.0 Å². The van der Waals surface area contributed by atoms with Crippen LogP contribution in [0.3, 0.4) is 0 Å². The lowest BCUT2D eigenvalue weighted by molar-refractivity contribution is -0.136. The molecule has 1 fully saturated rings. The molecule has 0 radical (unpaired) electrons. The monoisotopic (exact) mass is 284 g/mol. The number of nitrogens with zero attached hydrogens (tertiary/aromatic N) is 2. The van der Waals surface area contributed by atoms with Gasteiger partial charge in [0.1, 0.15) is 0 Å². The molecule has 1 aliphatic rings. The molecule has 1 aromatic rings. The lowest BCUT2D eigenvalue weighted by atomic mass is 10.3. The molecule has 1 heterocycles. The Morgan fingerprint density at radius 2 is 2.00 bits per heavy atom. The molecule has 1 N–H and O–H groups in total. The van der Waals surface area contributed by atoms with Gasteiger partial charge in [0.05, 0.1) is 12.2 Å². The van der Waals surface area contributed by atoms with Crippen LogP contribution >= 0.6 is 0 Å². The summed E-state index contributed by atoms with van der Waals surface area (Å²) in [5.41, 5.74) is 0.862. The number of aliphatic carboxylic acids is 1. The topological polar surface area (TPSA) is 87.6 Å². The van der Waals surface area contributed by atoms with Crippen LogP contribution in [0.15, 0.2) is 24.5 Å². The van der Waals surface area contributed by atoms with Crippen molar-refractivity contribution in [3.63, 3.8) is 0 Å². The highest BCUT2D eigenvalue weighted by atomic mass is 32.2. The van der Waals surface area contributed by atoms with Crippen LogP contribution in [-0.2, 0) is 21.4 Å². The molecule has 2 rings (SSSR count). The van der Waals surface area contributed by atoms with Crippen molar-refractivity contribution >= 4 is 16.0 Å². The van der Waals surface area contributed by atoms with Gasteiger partial charge in [0.25, 0.3) is 0 Å². The molecule has 1 aromatic heterocycles. The number of hydrogen-bond acceptors (Lipinski definition) is 4. The second-order valence-corrected chi connectivity index (χ2v) is 6.63. The molecule has 19 heavy (non-hydrogen) atoms. The van der Waals surface area contributed by atoms with Crippen molar-refractivity contribution in [1.29, 1.82) is 0 Å². The molecule has 6 nitrogen and oxygen atoms in total. The molecule has 0 unspecified atom stereocenters. The van der Waals surface area contributed by atoms with Crippen molar-refractivity contribution in [2.24, 2.45) is 0 Å². The number of sulfonamides is 1.